The second-order valence-corrected chi connectivity index (χ2v) is 14.4. The molecule has 0 amide bonds. The molecular weight excluding hydrogens is 446 g/mol. The minimum Gasteiger partial charge on any atom is -0.390 e. The monoisotopic (exact) mass is 503 g/mol. The van der Waals surface area contributed by atoms with E-state index in [1.165, 1.54) is 25.7 Å². The van der Waals surface area contributed by atoms with Gasteiger partial charge in [-0.05, 0) is 133 Å². The molecule has 0 aromatic heterocycles. The summed E-state index contributed by atoms with van der Waals surface area (Å²) in [4.78, 5) is 0. The normalized spacial score (nSPS) is 38.4. The number of hydrogen-bond acceptors (Lipinski definition) is 4. The van der Waals surface area contributed by atoms with Crippen molar-refractivity contribution in [1.29, 1.82) is 5.41 Å². The van der Waals surface area contributed by atoms with Gasteiger partial charge in [-0.25, -0.2) is 0 Å². The van der Waals surface area contributed by atoms with Crippen molar-refractivity contribution in [2.24, 2.45) is 34.5 Å². The largest absolute Gasteiger partial charge is 0.390 e. The molecule has 0 aromatic carbocycles. The van der Waals surface area contributed by atoms with Gasteiger partial charge in [-0.15, -0.1) is 0 Å². The van der Waals surface area contributed by atoms with Gasteiger partial charge in [-0.3, -0.25) is 0 Å². The van der Waals surface area contributed by atoms with Gasteiger partial charge in [0.25, 0.3) is 0 Å². The zero-order valence-electron chi connectivity index (χ0n) is 24.8. The summed E-state index contributed by atoms with van der Waals surface area (Å²) in [6, 6.07) is 0. The molecule has 0 radical (unpaired) electrons. The van der Waals surface area contributed by atoms with E-state index in [1.807, 2.05) is 13.8 Å². The van der Waals surface area contributed by atoms with Crippen molar-refractivity contribution in [3.05, 3.63) is 11.6 Å². The molecule has 3 rings (SSSR count). The molecule has 7 atom stereocenters. The third-order valence-electron chi connectivity index (χ3n) is 10.8. The van der Waals surface area contributed by atoms with Gasteiger partial charge in [0.15, 0.2) is 0 Å². The Morgan fingerprint density at radius 3 is 2.47 bits per heavy atom. The lowest BCUT2D eigenvalue weighted by atomic mass is 9.58. The van der Waals surface area contributed by atoms with Crippen LogP contribution in [-0.4, -0.2) is 42.3 Å². The molecule has 3 aliphatic carbocycles. The zero-order chi connectivity index (χ0) is 26.8. The van der Waals surface area contributed by atoms with E-state index in [2.05, 4.69) is 40.7 Å². The van der Waals surface area contributed by atoms with E-state index in [9.17, 15) is 5.11 Å². The number of methoxy groups -OCH3 is 1. The Bertz CT molecular complexity index is 768. The molecule has 2 N–H and O–H groups in total. The quantitative estimate of drug-likeness (QED) is 0.248. The Morgan fingerprint density at radius 1 is 1.11 bits per heavy atom. The summed E-state index contributed by atoms with van der Waals surface area (Å²) in [7, 11) is 1.76. The van der Waals surface area contributed by atoms with Crippen molar-refractivity contribution in [3.8, 4) is 0 Å². The van der Waals surface area contributed by atoms with E-state index in [4.69, 9.17) is 14.9 Å². The summed E-state index contributed by atoms with van der Waals surface area (Å²) >= 11 is 0. The van der Waals surface area contributed by atoms with Crippen molar-refractivity contribution in [2.75, 3.05) is 13.7 Å². The average molecular weight is 504 g/mol. The lowest BCUT2D eigenvalue weighted by Crippen LogP contribution is -2.41. The molecule has 0 bridgehead atoms. The predicted molar refractivity (Wildman–Crippen MR) is 151 cm³/mol. The van der Waals surface area contributed by atoms with Crippen LogP contribution in [0.3, 0.4) is 0 Å². The Kier molecular flexibility index (Phi) is 9.60. The molecule has 0 unspecified atom stereocenters. The van der Waals surface area contributed by atoms with Crippen molar-refractivity contribution in [2.45, 2.75) is 136 Å². The fourth-order valence-corrected chi connectivity index (χ4v) is 7.90. The lowest BCUT2D eigenvalue weighted by molar-refractivity contribution is -0.0840. The van der Waals surface area contributed by atoms with Gasteiger partial charge in [-0.2, -0.15) is 0 Å². The standard InChI is InChI=1S/C32H57NO3/c1-23(14-17-29(2,3)34)28-13-12-24-10-9-11-25-20-27(36-22-30(4,5)35-8)16-19-31(25,6)26(21-33)15-18-32(24,28)7/h11,21,23-24,26-28,33-34H,9-10,12-20,22H2,1-8H3/b25-11-,33-21?/t23-,24-,26+,27+,28-,31+,32+/m1/s1. The second-order valence-electron chi connectivity index (χ2n) is 14.4. The molecule has 2 fully saturated rings. The van der Waals surface area contributed by atoms with E-state index in [-0.39, 0.29) is 17.1 Å². The molecule has 36 heavy (non-hydrogen) atoms. The second kappa shape index (κ2) is 11.6. The van der Waals surface area contributed by atoms with Crippen LogP contribution in [0.25, 0.3) is 0 Å². The maximum atomic E-state index is 10.3. The van der Waals surface area contributed by atoms with Gasteiger partial charge in [0.2, 0.25) is 0 Å². The molecule has 4 nitrogen and oxygen atoms in total. The van der Waals surface area contributed by atoms with Gasteiger partial charge in [0.05, 0.1) is 23.9 Å². The summed E-state index contributed by atoms with van der Waals surface area (Å²) < 4.78 is 11.9. The number of rotatable bonds is 9. The van der Waals surface area contributed by atoms with Crippen LogP contribution < -0.4 is 0 Å². The third kappa shape index (κ3) is 6.83. The van der Waals surface area contributed by atoms with Gasteiger partial charge < -0.3 is 20.0 Å². The number of hydrogen-bond donors (Lipinski definition) is 2. The fourth-order valence-electron chi connectivity index (χ4n) is 7.90. The van der Waals surface area contributed by atoms with Crippen LogP contribution >= 0.6 is 0 Å². The minimum absolute atomic E-state index is 0.0716. The molecule has 0 aliphatic heterocycles. The zero-order valence-corrected chi connectivity index (χ0v) is 24.8. The average Bonchev–Trinajstić information content (AvgIpc) is 3.13. The van der Waals surface area contributed by atoms with E-state index < -0.39 is 5.60 Å². The Hall–Kier alpha value is -0.710. The van der Waals surface area contributed by atoms with E-state index >= 15 is 0 Å². The topological polar surface area (TPSA) is 62.5 Å². The molecule has 0 saturated heterocycles. The molecule has 3 aliphatic rings. The molecule has 208 valence electrons. The molecule has 4 heteroatoms. The van der Waals surface area contributed by atoms with Crippen molar-refractivity contribution < 1.29 is 14.6 Å². The summed E-state index contributed by atoms with van der Waals surface area (Å²) in [5.74, 6) is 2.42. The molecule has 2 saturated carbocycles. The Labute approximate surface area is 222 Å². The molecule has 0 aromatic rings. The van der Waals surface area contributed by atoms with Crippen LogP contribution in [0, 0.1) is 39.9 Å². The molecule has 0 heterocycles. The highest BCUT2D eigenvalue weighted by atomic mass is 16.5. The van der Waals surface area contributed by atoms with E-state index in [0.29, 0.717) is 23.9 Å². The minimum atomic E-state index is -0.577. The van der Waals surface area contributed by atoms with Crippen LogP contribution in [0.4, 0.5) is 0 Å². The number of aliphatic hydroxyl groups is 1. The van der Waals surface area contributed by atoms with Crippen molar-refractivity contribution in [1.82, 2.24) is 0 Å². The first-order chi connectivity index (χ1) is 16.7. The lowest BCUT2D eigenvalue weighted by Gasteiger charge is -2.47. The first kappa shape index (κ1) is 29.8. The Balaban J connectivity index is 1.77. The molecule has 0 spiro atoms. The first-order valence-electron chi connectivity index (χ1n) is 14.8. The van der Waals surface area contributed by atoms with Crippen LogP contribution in [-0.2, 0) is 9.47 Å². The summed E-state index contributed by atoms with van der Waals surface area (Å²) in [5, 5.41) is 18.8. The molecular formula is C32H57NO3. The van der Waals surface area contributed by atoms with Crippen LogP contribution in [0.1, 0.15) is 119 Å². The highest BCUT2D eigenvalue weighted by Gasteiger charge is 2.49. The number of fused-ring (bicyclic) bond motifs is 2. The predicted octanol–water partition coefficient (Wildman–Crippen LogP) is 7.97. The van der Waals surface area contributed by atoms with Gasteiger partial charge in [0, 0.05) is 13.0 Å². The van der Waals surface area contributed by atoms with Crippen LogP contribution in [0.5, 0.6) is 0 Å². The first-order valence-corrected chi connectivity index (χ1v) is 14.8. The van der Waals surface area contributed by atoms with Crippen molar-refractivity contribution >= 4 is 6.21 Å². The summed E-state index contributed by atoms with van der Waals surface area (Å²) in [5.41, 5.74) is 1.12. The third-order valence-corrected chi connectivity index (χ3v) is 10.8. The maximum absolute atomic E-state index is 10.3. The number of nitrogens with one attached hydrogen (secondary N) is 1. The highest BCUT2D eigenvalue weighted by molar-refractivity contribution is 5.59. The van der Waals surface area contributed by atoms with Gasteiger partial charge >= 0.3 is 0 Å². The van der Waals surface area contributed by atoms with Crippen molar-refractivity contribution in [3.63, 3.8) is 0 Å². The number of allylic oxidation sites excluding steroid dienone is 1. The summed E-state index contributed by atoms with van der Waals surface area (Å²) in [6.45, 7) is 16.1. The Morgan fingerprint density at radius 2 is 1.83 bits per heavy atom. The SMILES string of the molecule is COC(C)(C)CO[C@H]1CC[C@@]2(C)/C(=C\CC[C@@H]3CC[C@H]([C@H](C)CCC(C)(C)O)[C@@]3(C)CC[C@H]2C=N)C1. The maximum Gasteiger partial charge on any atom is 0.0855 e. The van der Waals surface area contributed by atoms with E-state index in [1.54, 1.807) is 18.9 Å². The fraction of sp³-hybridized carbons (Fsp3) is 0.906. The van der Waals surface area contributed by atoms with Gasteiger partial charge in [0.1, 0.15) is 0 Å². The van der Waals surface area contributed by atoms with E-state index in [0.717, 1.165) is 56.8 Å². The smallest absolute Gasteiger partial charge is 0.0855 e. The van der Waals surface area contributed by atoms with Crippen LogP contribution in [0.15, 0.2) is 11.6 Å². The number of ether oxygens (including phenoxy) is 2. The summed E-state index contributed by atoms with van der Waals surface area (Å²) in [6.07, 6.45) is 17.2. The highest BCUT2D eigenvalue weighted by Crippen LogP contribution is 2.58. The van der Waals surface area contributed by atoms with Gasteiger partial charge in [-0.1, -0.05) is 32.4 Å². The van der Waals surface area contributed by atoms with Crippen LogP contribution in [0.2, 0.25) is 0 Å².